The second-order valence-electron chi connectivity index (χ2n) is 5.74. The molecule has 0 bridgehead atoms. The van der Waals surface area contributed by atoms with Crippen LogP contribution < -0.4 is 4.74 Å². The van der Waals surface area contributed by atoms with Crippen LogP contribution >= 0.6 is 0 Å². The van der Waals surface area contributed by atoms with Crippen LogP contribution in [0.5, 0.6) is 5.75 Å². The van der Waals surface area contributed by atoms with E-state index in [1.54, 1.807) is 7.11 Å². The monoisotopic (exact) mass is 336 g/mol. The summed E-state index contributed by atoms with van der Waals surface area (Å²) in [5.74, 6) is 1.47. The van der Waals surface area contributed by atoms with Crippen LogP contribution in [0.25, 0.3) is 11.4 Å². The van der Waals surface area contributed by atoms with E-state index in [9.17, 15) is 8.42 Å². The van der Waals surface area contributed by atoms with Crippen LogP contribution in [-0.2, 0) is 16.3 Å². The van der Waals surface area contributed by atoms with Crippen molar-refractivity contribution >= 4 is 9.84 Å². The van der Waals surface area contributed by atoms with Crippen LogP contribution in [0.15, 0.2) is 28.8 Å². The minimum absolute atomic E-state index is 0.0607. The molecule has 1 aliphatic rings. The summed E-state index contributed by atoms with van der Waals surface area (Å²) < 4.78 is 35.0. The van der Waals surface area contributed by atoms with Crippen LogP contribution in [-0.4, -0.2) is 36.7 Å². The number of aryl methyl sites for hydroxylation is 1. The number of methoxy groups -OCH3 is 1. The number of para-hydroxylation sites is 1. The summed E-state index contributed by atoms with van der Waals surface area (Å²) in [6.45, 7) is 0. The van der Waals surface area contributed by atoms with Crippen molar-refractivity contribution in [2.45, 2.75) is 37.4 Å². The summed E-state index contributed by atoms with van der Waals surface area (Å²) in [7, 11) is -1.50. The van der Waals surface area contributed by atoms with Gasteiger partial charge in [-0.25, -0.2) is 8.42 Å². The predicted molar refractivity (Wildman–Crippen MR) is 86.0 cm³/mol. The third-order valence-corrected chi connectivity index (χ3v) is 6.49. The number of benzene rings is 1. The normalized spacial score (nSPS) is 15.9. The van der Waals surface area contributed by atoms with Crippen LogP contribution in [0, 0.1) is 0 Å². The molecular formula is C16H20N2O4S. The third-order valence-electron chi connectivity index (χ3n) is 4.23. The summed E-state index contributed by atoms with van der Waals surface area (Å²) in [6.07, 6.45) is 3.81. The quantitative estimate of drug-likeness (QED) is 0.806. The molecular weight excluding hydrogens is 316 g/mol. The van der Waals surface area contributed by atoms with Gasteiger partial charge in [0.05, 0.1) is 23.7 Å². The average molecular weight is 336 g/mol. The highest BCUT2D eigenvalue weighted by molar-refractivity contribution is 7.92. The van der Waals surface area contributed by atoms with E-state index in [2.05, 4.69) is 10.1 Å². The van der Waals surface area contributed by atoms with Crippen LogP contribution in [0.2, 0.25) is 0 Å². The van der Waals surface area contributed by atoms with Gasteiger partial charge in [-0.15, -0.1) is 0 Å². The molecule has 7 heteroatoms. The molecule has 0 radical (unpaired) electrons. The van der Waals surface area contributed by atoms with Gasteiger partial charge in [0.15, 0.2) is 9.84 Å². The number of sulfone groups is 1. The molecule has 3 rings (SSSR count). The fourth-order valence-electron chi connectivity index (χ4n) is 2.94. The molecule has 124 valence electrons. The van der Waals surface area contributed by atoms with E-state index in [1.165, 1.54) is 0 Å². The summed E-state index contributed by atoms with van der Waals surface area (Å²) in [5, 5.41) is 3.74. The zero-order valence-corrected chi connectivity index (χ0v) is 13.9. The molecule has 0 N–H and O–H groups in total. The Morgan fingerprint density at radius 3 is 2.74 bits per heavy atom. The van der Waals surface area contributed by atoms with Crippen molar-refractivity contribution in [1.82, 2.24) is 10.1 Å². The molecule has 0 unspecified atom stereocenters. The third kappa shape index (κ3) is 3.55. The molecule has 6 nitrogen and oxygen atoms in total. The van der Waals surface area contributed by atoms with Crippen molar-refractivity contribution in [2.75, 3.05) is 12.9 Å². The Morgan fingerprint density at radius 2 is 2.00 bits per heavy atom. The molecule has 1 fully saturated rings. The summed E-state index contributed by atoms with van der Waals surface area (Å²) in [5.41, 5.74) is 0.726. The van der Waals surface area contributed by atoms with Crippen molar-refractivity contribution < 1.29 is 17.7 Å². The minimum atomic E-state index is -3.08. The van der Waals surface area contributed by atoms with Gasteiger partial charge in [0.1, 0.15) is 5.75 Å². The van der Waals surface area contributed by atoms with Crippen LogP contribution in [0.4, 0.5) is 0 Å². The fourth-order valence-corrected chi connectivity index (χ4v) is 4.78. The predicted octanol–water partition coefficient (Wildman–Crippen LogP) is 2.65. The molecule has 1 heterocycles. The van der Waals surface area contributed by atoms with Crippen molar-refractivity contribution in [1.29, 1.82) is 0 Å². The Balaban J connectivity index is 1.70. The SMILES string of the molecule is COc1ccccc1-c1noc(CCS(=O)(=O)C2CCCC2)n1. The Labute approximate surface area is 135 Å². The maximum absolute atomic E-state index is 12.3. The largest absolute Gasteiger partial charge is 0.496 e. The van der Waals surface area contributed by atoms with Crippen molar-refractivity contribution in [3.8, 4) is 17.1 Å². The van der Waals surface area contributed by atoms with E-state index < -0.39 is 9.84 Å². The van der Waals surface area contributed by atoms with Gasteiger partial charge in [-0.2, -0.15) is 4.98 Å². The number of hydrogen-bond donors (Lipinski definition) is 0. The number of hydrogen-bond acceptors (Lipinski definition) is 6. The van der Waals surface area contributed by atoms with E-state index in [4.69, 9.17) is 9.26 Å². The molecule has 2 aromatic rings. The molecule has 0 saturated heterocycles. The second kappa shape index (κ2) is 6.70. The first-order chi connectivity index (χ1) is 11.1. The highest BCUT2D eigenvalue weighted by Gasteiger charge is 2.29. The molecule has 23 heavy (non-hydrogen) atoms. The van der Waals surface area contributed by atoms with E-state index in [0.717, 1.165) is 31.2 Å². The molecule has 1 aromatic carbocycles. The molecule has 0 atom stereocenters. The molecule has 0 spiro atoms. The lowest BCUT2D eigenvalue weighted by Gasteiger charge is -2.09. The van der Waals surface area contributed by atoms with Crippen LogP contribution in [0.1, 0.15) is 31.6 Å². The smallest absolute Gasteiger partial charge is 0.227 e. The summed E-state index contributed by atoms with van der Waals surface area (Å²) >= 11 is 0. The molecule has 1 aromatic heterocycles. The molecule has 0 aliphatic heterocycles. The standard InChI is InChI=1S/C16H20N2O4S/c1-21-14-9-5-4-8-13(14)16-17-15(22-18-16)10-11-23(19,20)12-6-2-3-7-12/h4-5,8-9,12H,2-3,6-7,10-11H2,1H3. The minimum Gasteiger partial charge on any atom is -0.496 e. The van der Waals surface area contributed by atoms with Gasteiger partial charge in [0, 0.05) is 6.42 Å². The van der Waals surface area contributed by atoms with Gasteiger partial charge in [0.2, 0.25) is 11.7 Å². The van der Waals surface area contributed by atoms with Gasteiger partial charge in [-0.05, 0) is 25.0 Å². The topological polar surface area (TPSA) is 82.3 Å². The zero-order chi connectivity index (χ0) is 16.3. The first kappa shape index (κ1) is 16.0. The lowest BCUT2D eigenvalue weighted by atomic mass is 10.2. The summed E-state index contributed by atoms with van der Waals surface area (Å²) in [6, 6.07) is 7.37. The van der Waals surface area contributed by atoms with Gasteiger partial charge in [0.25, 0.3) is 0 Å². The fraction of sp³-hybridized carbons (Fsp3) is 0.500. The van der Waals surface area contributed by atoms with E-state index in [1.807, 2.05) is 24.3 Å². The lowest BCUT2D eigenvalue weighted by Crippen LogP contribution is -2.22. The van der Waals surface area contributed by atoms with E-state index in [0.29, 0.717) is 17.5 Å². The highest BCUT2D eigenvalue weighted by atomic mass is 32.2. The first-order valence-corrected chi connectivity index (χ1v) is 9.49. The van der Waals surface area contributed by atoms with E-state index in [-0.39, 0.29) is 17.4 Å². The number of aromatic nitrogens is 2. The Bertz CT molecular complexity index is 764. The average Bonchev–Trinajstić information content (AvgIpc) is 3.25. The molecule has 1 aliphatic carbocycles. The van der Waals surface area contributed by atoms with Gasteiger partial charge in [-0.3, -0.25) is 0 Å². The number of rotatable bonds is 6. The second-order valence-corrected chi connectivity index (χ2v) is 8.14. The van der Waals surface area contributed by atoms with E-state index >= 15 is 0 Å². The highest BCUT2D eigenvalue weighted by Crippen LogP contribution is 2.28. The maximum Gasteiger partial charge on any atom is 0.227 e. The first-order valence-electron chi connectivity index (χ1n) is 7.78. The lowest BCUT2D eigenvalue weighted by molar-refractivity contribution is 0.381. The number of ether oxygens (including phenoxy) is 1. The van der Waals surface area contributed by atoms with Gasteiger partial charge in [-0.1, -0.05) is 30.1 Å². The summed E-state index contributed by atoms with van der Waals surface area (Å²) in [4.78, 5) is 4.30. The Morgan fingerprint density at radius 1 is 1.26 bits per heavy atom. The Kier molecular flexibility index (Phi) is 4.66. The molecule has 0 amide bonds. The number of nitrogens with zero attached hydrogens (tertiary/aromatic N) is 2. The van der Waals surface area contributed by atoms with Crippen molar-refractivity contribution in [3.05, 3.63) is 30.2 Å². The Hall–Kier alpha value is -1.89. The maximum atomic E-state index is 12.3. The van der Waals surface area contributed by atoms with Gasteiger partial charge < -0.3 is 9.26 Å². The van der Waals surface area contributed by atoms with Crippen molar-refractivity contribution in [2.24, 2.45) is 0 Å². The van der Waals surface area contributed by atoms with Crippen molar-refractivity contribution in [3.63, 3.8) is 0 Å². The van der Waals surface area contributed by atoms with Gasteiger partial charge >= 0.3 is 0 Å². The molecule has 1 saturated carbocycles. The van der Waals surface area contributed by atoms with Crippen LogP contribution in [0.3, 0.4) is 0 Å². The zero-order valence-electron chi connectivity index (χ0n) is 13.1.